The molecule has 1 heterocycles. The average molecular weight is 357 g/mol. The van der Waals surface area contributed by atoms with Crippen LogP contribution in [0, 0.1) is 0 Å². The van der Waals surface area contributed by atoms with E-state index < -0.39 is 0 Å². The van der Waals surface area contributed by atoms with E-state index in [2.05, 4.69) is 28.5 Å². The van der Waals surface area contributed by atoms with Crippen LogP contribution in [0.3, 0.4) is 0 Å². The van der Waals surface area contributed by atoms with Gasteiger partial charge in [-0.3, -0.25) is 14.2 Å². The Morgan fingerprint density at radius 2 is 1.78 bits per heavy atom. The van der Waals surface area contributed by atoms with Crippen molar-refractivity contribution < 1.29 is 4.79 Å². The largest absolute Gasteiger partial charge is 0.348 e. The molecule has 0 saturated carbocycles. The van der Waals surface area contributed by atoms with Gasteiger partial charge in [-0.05, 0) is 41.5 Å². The second-order valence-electron chi connectivity index (χ2n) is 6.57. The Kier molecular flexibility index (Phi) is 4.42. The van der Waals surface area contributed by atoms with Crippen molar-refractivity contribution in [2.45, 2.75) is 19.5 Å². The highest BCUT2D eigenvalue weighted by molar-refractivity contribution is 5.84. The maximum Gasteiger partial charge on any atom is 0.269 e. The molecule has 1 N–H and O–H groups in total. The zero-order valence-corrected chi connectivity index (χ0v) is 14.9. The molecule has 0 fully saturated rings. The van der Waals surface area contributed by atoms with Crippen LogP contribution in [0.15, 0.2) is 77.7 Å². The number of nitrogens with one attached hydrogen (secondary N) is 1. The lowest BCUT2D eigenvalue weighted by atomic mass is 10.0. The first-order valence-electron chi connectivity index (χ1n) is 8.84. The van der Waals surface area contributed by atoms with Gasteiger partial charge in [0.15, 0.2) is 0 Å². The van der Waals surface area contributed by atoms with Gasteiger partial charge < -0.3 is 5.32 Å². The number of rotatable bonds is 4. The molecule has 1 amide bonds. The van der Waals surface area contributed by atoms with Crippen molar-refractivity contribution in [1.29, 1.82) is 0 Å². The predicted molar refractivity (Wildman–Crippen MR) is 107 cm³/mol. The fourth-order valence-corrected chi connectivity index (χ4v) is 3.27. The second kappa shape index (κ2) is 7.03. The van der Waals surface area contributed by atoms with Gasteiger partial charge in [-0.2, -0.15) is 0 Å². The molecule has 4 aromatic rings. The Bertz CT molecular complexity index is 1200. The van der Waals surface area contributed by atoms with Crippen LogP contribution >= 0.6 is 0 Å². The molecule has 3 aromatic carbocycles. The van der Waals surface area contributed by atoms with Gasteiger partial charge in [-0.1, -0.05) is 48.5 Å². The molecule has 1 aromatic heterocycles. The normalized spacial score (nSPS) is 12.2. The third kappa shape index (κ3) is 3.44. The van der Waals surface area contributed by atoms with E-state index in [1.165, 1.54) is 10.8 Å². The zero-order chi connectivity index (χ0) is 18.8. The molecule has 5 heteroatoms. The molecule has 5 nitrogen and oxygen atoms in total. The van der Waals surface area contributed by atoms with E-state index in [-0.39, 0.29) is 24.1 Å². The monoisotopic (exact) mass is 357 g/mol. The molecule has 4 rings (SSSR count). The van der Waals surface area contributed by atoms with Gasteiger partial charge in [0.25, 0.3) is 5.56 Å². The number of benzene rings is 3. The molecule has 0 saturated heterocycles. The van der Waals surface area contributed by atoms with Crippen molar-refractivity contribution >= 4 is 27.7 Å². The first kappa shape index (κ1) is 17.0. The fraction of sp³-hybridized carbons (Fsp3) is 0.136. The zero-order valence-electron chi connectivity index (χ0n) is 14.9. The highest BCUT2D eigenvalue weighted by Crippen LogP contribution is 2.20. The minimum absolute atomic E-state index is 0.0419. The highest BCUT2D eigenvalue weighted by Gasteiger charge is 2.13. The van der Waals surface area contributed by atoms with Gasteiger partial charge in [-0.15, -0.1) is 0 Å². The molecule has 0 radical (unpaired) electrons. The number of carbonyl (C=O) groups excluding carboxylic acids is 1. The van der Waals surface area contributed by atoms with E-state index in [1.54, 1.807) is 6.07 Å². The number of hydrogen-bond acceptors (Lipinski definition) is 3. The number of nitrogens with zero attached hydrogens (tertiary/aromatic N) is 2. The number of carbonyl (C=O) groups is 1. The summed E-state index contributed by atoms with van der Waals surface area (Å²) in [6, 6.07) is 21.4. The Balaban J connectivity index is 1.55. The van der Waals surface area contributed by atoms with Crippen LogP contribution in [0.25, 0.3) is 21.8 Å². The SMILES string of the molecule is CC(NC(=O)Cn1c(=O)cnc2ccccc21)c1ccc2ccccc2c1. The minimum atomic E-state index is -0.290. The quantitative estimate of drug-likeness (QED) is 0.609. The van der Waals surface area contributed by atoms with Crippen LogP contribution in [-0.4, -0.2) is 15.5 Å². The lowest BCUT2D eigenvalue weighted by molar-refractivity contribution is -0.122. The van der Waals surface area contributed by atoms with Crippen LogP contribution in [0.1, 0.15) is 18.5 Å². The summed E-state index contributed by atoms with van der Waals surface area (Å²) >= 11 is 0. The molecule has 0 aliphatic heterocycles. The number of para-hydroxylation sites is 2. The van der Waals surface area contributed by atoms with Gasteiger partial charge in [-0.25, -0.2) is 4.98 Å². The molecule has 1 unspecified atom stereocenters. The first-order valence-corrected chi connectivity index (χ1v) is 8.84. The van der Waals surface area contributed by atoms with Crippen LogP contribution in [0.4, 0.5) is 0 Å². The molecule has 134 valence electrons. The topological polar surface area (TPSA) is 64.0 Å². The first-order chi connectivity index (χ1) is 13.1. The number of aromatic nitrogens is 2. The van der Waals surface area contributed by atoms with E-state index >= 15 is 0 Å². The Hall–Kier alpha value is -3.47. The van der Waals surface area contributed by atoms with E-state index in [0.29, 0.717) is 11.0 Å². The molecule has 0 aliphatic rings. The molecule has 0 bridgehead atoms. The molecular formula is C22H19N3O2. The summed E-state index contributed by atoms with van der Waals surface area (Å²) in [5, 5.41) is 5.28. The third-order valence-electron chi connectivity index (χ3n) is 4.71. The Morgan fingerprint density at radius 1 is 1.04 bits per heavy atom. The molecule has 27 heavy (non-hydrogen) atoms. The maximum absolute atomic E-state index is 12.6. The van der Waals surface area contributed by atoms with Crippen molar-refractivity contribution in [2.24, 2.45) is 0 Å². The summed E-state index contributed by atoms with van der Waals surface area (Å²) in [5.41, 5.74) is 2.07. The van der Waals surface area contributed by atoms with Gasteiger partial charge >= 0.3 is 0 Å². The van der Waals surface area contributed by atoms with E-state index in [9.17, 15) is 9.59 Å². The van der Waals surface area contributed by atoms with Crippen molar-refractivity contribution in [3.05, 3.63) is 88.8 Å². The summed E-state index contributed by atoms with van der Waals surface area (Å²) in [6.45, 7) is 1.90. The fourth-order valence-electron chi connectivity index (χ4n) is 3.27. The smallest absolute Gasteiger partial charge is 0.269 e. The minimum Gasteiger partial charge on any atom is -0.348 e. The Morgan fingerprint density at radius 3 is 2.63 bits per heavy atom. The third-order valence-corrected chi connectivity index (χ3v) is 4.71. The van der Waals surface area contributed by atoms with E-state index in [0.717, 1.165) is 16.3 Å². The summed E-state index contributed by atoms with van der Waals surface area (Å²) in [6.07, 6.45) is 1.25. The lowest BCUT2D eigenvalue weighted by Gasteiger charge is -2.16. The second-order valence-corrected chi connectivity index (χ2v) is 6.57. The van der Waals surface area contributed by atoms with Crippen LogP contribution in [0.5, 0.6) is 0 Å². The number of fused-ring (bicyclic) bond motifs is 2. The summed E-state index contributed by atoms with van der Waals surface area (Å²) < 4.78 is 1.45. The standard InChI is InChI=1S/C22H19N3O2/c1-15(17-11-10-16-6-2-3-7-18(16)12-17)24-21(26)14-25-20-9-5-4-8-19(20)23-13-22(25)27/h2-13,15H,14H2,1H3,(H,24,26). The average Bonchev–Trinajstić information content (AvgIpc) is 2.69. The number of amides is 1. The summed E-state index contributed by atoms with van der Waals surface area (Å²) in [7, 11) is 0. The van der Waals surface area contributed by atoms with Crippen LogP contribution in [0.2, 0.25) is 0 Å². The summed E-state index contributed by atoms with van der Waals surface area (Å²) in [5.74, 6) is -0.214. The predicted octanol–water partition coefficient (Wildman–Crippen LogP) is 3.43. The van der Waals surface area contributed by atoms with Crippen molar-refractivity contribution in [2.75, 3.05) is 0 Å². The van der Waals surface area contributed by atoms with Gasteiger partial charge in [0.2, 0.25) is 5.91 Å². The van der Waals surface area contributed by atoms with Gasteiger partial charge in [0.05, 0.1) is 23.3 Å². The molecule has 1 atom stereocenters. The maximum atomic E-state index is 12.6. The van der Waals surface area contributed by atoms with Crippen molar-refractivity contribution in [3.8, 4) is 0 Å². The van der Waals surface area contributed by atoms with E-state index in [1.807, 2.05) is 49.4 Å². The Labute approximate surface area is 156 Å². The molecule has 0 aliphatic carbocycles. The van der Waals surface area contributed by atoms with Gasteiger partial charge in [0.1, 0.15) is 6.54 Å². The molecule has 0 spiro atoms. The molecular weight excluding hydrogens is 338 g/mol. The van der Waals surface area contributed by atoms with Crippen molar-refractivity contribution in [3.63, 3.8) is 0 Å². The summed E-state index contributed by atoms with van der Waals surface area (Å²) in [4.78, 5) is 28.9. The van der Waals surface area contributed by atoms with Crippen LogP contribution < -0.4 is 10.9 Å². The van der Waals surface area contributed by atoms with Gasteiger partial charge in [0, 0.05) is 0 Å². The van der Waals surface area contributed by atoms with Crippen LogP contribution in [-0.2, 0) is 11.3 Å². The lowest BCUT2D eigenvalue weighted by Crippen LogP contribution is -2.34. The highest BCUT2D eigenvalue weighted by atomic mass is 16.2. The van der Waals surface area contributed by atoms with Crippen molar-refractivity contribution in [1.82, 2.24) is 14.9 Å². The number of hydrogen-bond donors (Lipinski definition) is 1. The van der Waals surface area contributed by atoms with E-state index in [4.69, 9.17) is 0 Å².